The Balaban J connectivity index is 1.35. The summed E-state index contributed by atoms with van der Waals surface area (Å²) in [5.41, 5.74) is -1.01. The third-order valence-corrected chi connectivity index (χ3v) is 14.1. The Labute approximate surface area is 229 Å². The highest BCUT2D eigenvalue weighted by atomic mass is 16.6. The van der Waals surface area contributed by atoms with Gasteiger partial charge in [-0.1, -0.05) is 34.6 Å². The van der Waals surface area contributed by atoms with Crippen molar-refractivity contribution in [3.05, 3.63) is 0 Å². The normalized spacial score (nSPS) is 55.4. The zero-order valence-corrected chi connectivity index (χ0v) is 24.9. The first-order valence-corrected chi connectivity index (χ1v) is 15.4. The molecular weight excluding hydrogens is 480 g/mol. The van der Waals surface area contributed by atoms with E-state index in [4.69, 9.17) is 9.47 Å². The quantitative estimate of drug-likeness (QED) is 0.449. The first-order valence-electron chi connectivity index (χ1n) is 15.4. The summed E-state index contributed by atoms with van der Waals surface area (Å²) in [6.45, 7) is 16.4. The Morgan fingerprint density at radius 1 is 1.00 bits per heavy atom. The highest BCUT2D eigenvalue weighted by Gasteiger charge is 2.84. The fraction of sp³-hybridized carbons (Fsp3) is 0.969. The fourth-order valence-electron chi connectivity index (χ4n) is 12.4. The fourth-order valence-corrected chi connectivity index (χ4v) is 12.4. The molecule has 6 heteroatoms. The minimum Gasteiger partial charge on any atom is -0.457 e. The van der Waals surface area contributed by atoms with Crippen LogP contribution in [0.15, 0.2) is 0 Å². The molecule has 6 aliphatic rings. The summed E-state index contributed by atoms with van der Waals surface area (Å²) in [6.07, 6.45) is 6.19. The lowest BCUT2D eigenvalue weighted by atomic mass is 9.41. The second-order valence-corrected chi connectivity index (χ2v) is 16.3. The SMILES string of the molecule is CC(=O)O[C@@H]([C@H]1C[C@@H](C)[C@H]2[C@H](O1)[C@H](O)[C@@]1(C)C3CCC4C(C)(C)[C@@H](O)CCC45CC35CCC21C)C(C)(C)O. The molecule has 216 valence electrons. The van der Waals surface area contributed by atoms with Crippen LogP contribution in [-0.4, -0.2) is 57.4 Å². The molecule has 6 nitrogen and oxygen atoms in total. The molecule has 0 aromatic heterocycles. The van der Waals surface area contributed by atoms with Crippen LogP contribution in [0, 0.1) is 50.7 Å². The van der Waals surface area contributed by atoms with Crippen LogP contribution in [0.25, 0.3) is 0 Å². The minimum absolute atomic E-state index is 0.0383. The van der Waals surface area contributed by atoms with Crippen LogP contribution < -0.4 is 0 Å². The molecule has 38 heavy (non-hydrogen) atoms. The van der Waals surface area contributed by atoms with Gasteiger partial charge >= 0.3 is 5.97 Å². The van der Waals surface area contributed by atoms with Gasteiger partial charge < -0.3 is 24.8 Å². The Morgan fingerprint density at radius 3 is 2.26 bits per heavy atom. The highest BCUT2D eigenvalue weighted by molar-refractivity contribution is 5.66. The largest absolute Gasteiger partial charge is 0.457 e. The van der Waals surface area contributed by atoms with Crippen molar-refractivity contribution in [3.8, 4) is 0 Å². The van der Waals surface area contributed by atoms with Crippen molar-refractivity contribution in [1.29, 1.82) is 0 Å². The molecule has 0 radical (unpaired) electrons. The maximum atomic E-state index is 12.3. The van der Waals surface area contributed by atoms with Gasteiger partial charge in [-0.3, -0.25) is 4.79 Å². The van der Waals surface area contributed by atoms with E-state index in [1.54, 1.807) is 13.8 Å². The standard InChI is InChI=1S/C32H52O6/c1-17-15-19(26(28(5,6)36)37-18(2)33)38-24-23(17)29(7)13-14-32-16-31(32)12-11-22(34)27(3,4)20(31)9-10-21(32)30(29,8)25(24)35/h17,19-26,34-36H,9-16H2,1-8H3/t17-,19-,20?,21?,22+,23+,24+,25+,26+,29?,30-,31?,32?/m1/s1. The van der Waals surface area contributed by atoms with Crippen molar-refractivity contribution in [1.82, 2.24) is 0 Å². The smallest absolute Gasteiger partial charge is 0.303 e. The molecule has 13 atom stereocenters. The average molecular weight is 533 g/mol. The number of ether oxygens (including phenoxy) is 2. The van der Waals surface area contributed by atoms with Gasteiger partial charge in [-0.15, -0.1) is 0 Å². The molecule has 0 bridgehead atoms. The van der Waals surface area contributed by atoms with Crippen LogP contribution in [-0.2, 0) is 14.3 Å². The molecule has 1 heterocycles. The average Bonchev–Trinajstić information content (AvgIpc) is 3.44. The maximum absolute atomic E-state index is 12.3. The van der Waals surface area contributed by atoms with E-state index in [1.807, 2.05) is 0 Å². The van der Waals surface area contributed by atoms with Crippen LogP contribution in [0.5, 0.6) is 0 Å². The molecule has 5 aliphatic carbocycles. The molecule has 0 aromatic rings. The van der Waals surface area contributed by atoms with Crippen molar-refractivity contribution < 1.29 is 29.6 Å². The van der Waals surface area contributed by atoms with Crippen molar-refractivity contribution >= 4 is 5.97 Å². The lowest BCUT2D eigenvalue weighted by molar-refractivity contribution is -0.216. The molecule has 5 unspecified atom stereocenters. The number of hydrogen-bond donors (Lipinski definition) is 3. The summed E-state index contributed by atoms with van der Waals surface area (Å²) < 4.78 is 12.4. The lowest BCUT2D eigenvalue weighted by Gasteiger charge is -2.63. The molecular formula is C32H52O6. The first kappa shape index (κ1) is 27.5. The minimum atomic E-state index is -1.24. The van der Waals surface area contributed by atoms with Crippen LogP contribution >= 0.6 is 0 Å². The van der Waals surface area contributed by atoms with Crippen molar-refractivity contribution in [2.45, 2.75) is 143 Å². The number of aliphatic hydroxyl groups excluding tert-OH is 2. The Hall–Kier alpha value is -0.690. The van der Waals surface area contributed by atoms with Gasteiger partial charge in [-0.25, -0.2) is 0 Å². The van der Waals surface area contributed by atoms with E-state index in [2.05, 4.69) is 34.6 Å². The second-order valence-electron chi connectivity index (χ2n) is 16.3. The molecule has 3 N–H and O–H groups in total. The molecule has 0 amide bonds. The number of esters is 1. The maximum Gasteiger partial charge on any atom is 0.303 e. The van der Waals surface area contributed by atoms with Crippen LogP contribution in [0.2, 0.25) is 0 Å². The van der Waals surface area contributed by atoms with Crippen LogP contribution in [0.4, 0.5) is 0 Å². The second kappa shape index (κ2) is 7.98. The predicted molar refractivity (Wildman–Crippen MR) is 144 cm³/mol. The Bertz CT molecular complexity index is 1000. The molecule has 1 saturated heterocycles. The monoisotopic (exact) mass is 532 g/mol. The number of carbonyl (C=O) groups is 1. The molecule has 5 saturated carbocycles. The van der Waals surface area contributed by atoms with Gasteiger partial charge in [0, 0.05) is 12.3 Å². The lowest BCUT2D eigenvalue weighted by Crippen LogP contribution is -2.59. The zero-order chi connectivity index (χ0) is 27.8. The van der Waals surface area contributed by atoms with E-state index < -0.39 is 29.9 Å². The van der Waals surface area contributed by atoms with Gasteiger partial charge in [0.2, 0.25) is 0 Å². The summed E-state index contributed by atoms with van der Waals surface area (Å²) >= 11 is 0. The van der Waals surface area contributed by atoms with E-state index in [0.717, 1.165) is 32.1 Å². The van der Waals surface area contributed by atoms with E-state index in [-0.39, 0.29) is 45.7 Å². The molecule has 1 aliphatic heterocycles. The third kappa shape index (κ3) is 3.13. The Kier molecular flexibility index (Phi) is 5.77. The third-order valence-electron chi connectivity index (χ3n) is 14.1. The van der Waals surface area contributed by atoms with Crippen LogP contribution in [0.3, 0.4) is 0 Å². The summed E-state index contributed by atoms with van der Waals surface area (Å²) in [7, 11) is 0. The van der Waals surface area contributed by atoms with Gasteiger partial charge in [0.25, 0.3) is 0 Å². The summed E-state index contributed by atoms with van der Waals surface area (Å²) in [5.74, 6) is 1.09. The molecule has 6 fully saturated rings. The number of rotatable bonds is 3. The van der Waals surface area contributed by atoms with E-state index in [0.29, 0.717) is 23.7 Å². The summed E-state index contributed by atoms with van der Waals surface area (Å²) in [6, 6.07) is 0. The number of aliphatic hydroxyl groups is 3. The summed E-state index contributed by atoms with van der Waals surface area (Å²) in [4.78, 5) is 11.9. The van der Waals surface area contributed by atoms with Gasteiger partial charge in [0.05, 0.1) is 30.0 Å². The predicted octanol–water partition coefficient (Wildman–Crippen LogP) is 4.86. The van der Waals surface area contributed by atoms with Crippen molar-refractivity contribution in [3.63, 3.8) is 0 Å². The zero-order valence-electron chi connectivity index (χ0n) is 24.9. The van der Waals surface area contributed by atoms with E-state index in [9.17, 15) is 20.1 Å². The number of hydrogen-bond acceptors (Lipinski definition) is 6. The van der Waals surface area contributed by atoms with Gasteiger partial charge in [0.1, 0.15) is 0 Å². The molecule has 6 rings (SSSR count). The number of carbonyl (C=O) groups excluding carboxylic acids is 1. The van der Waals surface area contributed by atoms with Gasteiger partial charge in [-0.2, -0.15) is 0 Å². The molecule has 0 aromatic carbocycles. The Morgan fingerprint density at radius 2 is 1.63 bits per heavy atom. The summed E-state index contributed by atoms with van der Waals surface area (Å²) in [5, 5.41) is 34.2. The number of fused-ring (bicyclic) bond motifs is 4. The van der Waals surface area contributed by atoms with E-state index >= 15 is 0 Å². The topological polar surface area (TPSA) is 96.2 Å². The van der Waals surface area contributed by atoms with Crippen molar-refractivity contribution in [2.75, 3.05) is 0 Å². The van der Waals surface area contributed by atoms with Gasteiger partial charge in [0.15, 0.2) is 6.10 Å². The van der Waals surface area contributed by atoms with Crippen LogP contribution in [0.1, 0.15) is 107 Å². The van der Waals surface area contributed by atoms with E-state index in [1.165, 1.54) is 19.8 Å². The molecule has 2 spiro atoms. The highest BCUT2D eigenvalue weighted by Crippen LogP contribution is 2.89. The van der Waals surface area contributed by atoms with Gasteiger partial charge in [-0.05, 0) is 111 Å². The first-order chi connectivity index (χ1) is 17.5. The van der Waals surface area contributed by atoms with Crippen molar-refractivity contribution in [2.24, 2.45) is 50.7 Å².